The van der Waals surface area contributed by atoms with Crippen LogP contribution in [0.15, 0.2) is 43.2 Å². The molecule has 1 heterocycles. The molecule has 1 aromatic carbocycles. The van der Waals surface area contributed by atoms with Crippen molar-refractivity contribution < 1.29 is 9.50 Å². The molecule has 0 spiro atoms. The van der Waals surface area contributed by atoms with Crippen molar-refractivity contribution >= 4 is 0 Å². The number of halogens is 1. The predicted octanol–water partition coefficient (Wildman–Crippen LogP) is 2.72. The molecular weight excluding hydrogens is 219 g/mol. The molecule has 2 rings (SSSR count). The summed E-state index contributed by atoms with van der Waals surface area (Å²) in [4.78, 5) is 8.26. The van der Waals surface area contributed by atoms with Crippen molar-refractivity contribution in [3.05, 3.63) is 54.6 Å². The van der Waals surface area contributed by atoms with Crippen molar-refractivity contribution in [2.45, 2.75) is 6.42 Å². The number of allylic oxidation sites excluding steroid dienone is 1. The number of aromatic nitrogens is 2. The molecule has 17 heavy (non-hydrogen) atoms. The maximum Gasteiger partial charge on any atom is 0.165 e. The van der Waals surface area contributed by atoms with Crippen LogP contribution in [0.5, 0.6) is 5.75 Å². The lowest BCUT2D eigenvalue weighted by atomic mass is 10.2. The fourth-order valence-corrected chi connectivity index (χ4v) is 1.42. The van der Waals surface area contributed by atoms with Crippen LogP contribution in [-0.4, -0.2) is 15.1 Å². The first-order valence-electron chi connectivity index (χ1n) is 5.11. The molecule has 0 amide bonds. The van der Waals surface area contributed by atoms with E-state index in [0.717, 1.165) is 5.56 Å². The minimum atomic E-state index is -0.679. The highest BCUT2D eigenvalue weighted by atomic mass is 19.1. The van der Waals surface area contributed by atoms with Gasteiger partial charge in [0.15, 0.2) is 17.4 Å². The van der Waals surface area contributed by atoms with Gasteiger partial charge in [-0.25, -0.2) is 14.4 Å². The zero-order chi connectivity index (χ0) is 12.3. The summed E-state index contributed by atoms with van der Waals surface area (Å²) >= 11 is 0. The molecular formula is C13H11FN2O. The summed E-state index contributed by atoms with van der Waals surface area (Å²) in [6, 6.07) is 4.06. The number of nitrogens with zero attached hydrogens (tertiary/aromatic N) is 2. The largest absolute Gasteiger partial charge is 0.505 e. The van der Waals surface area contributed by atoms with Crippen LogP contribution in [0.1, 0.15) is 5.56 Å². The summed E-state index contributed by atoms with van der Waals surface area (Å²) in [6.45, 7) is 3.62. The Bertz CT molecular complexity index is 538. The molecule has 0 fully saturated rings. The number of benzene rings is 1. The normalized spacial score (nSPS) is 10.2. The Morgan fingerprint density at radius 3 is 2.59 bits per heavy atom. The van der Waals surface area contributed by atoms with E-state index in [1.807, 2.05) is 0 Å². The zero-order valence-corrected chi connectivity index (χ0v) is 9.10. The number of hydrogen-bond acceptors (Lipinski definition) is 3. The maximum atomic E-state index is 13.1. The van der Waals surface area contributed by atoms with Crippen molar-refractivity contribution in [3.63, 3.8) is 0 Å². The smallest absolute Gasteiger partial charge is 0.165 e. The Morgan fingerprint density at radius 1 is 1.29 bits per heavy atom. The number of rotatable bonds is 3. The van der Waals surface area contributed by atoms with Gasteiger partial charge in [-0.05, 0) is 30.2 Å². The van der Waals surface area contributed by atoms with Gasteiger partial charge in [-0.1, -0.05) is 6.08 Å². The van der Waals surface area contributed by atoms with Gasteiger partial charge in [-0.15, -0.1) is 6.58 Å². The minimum absolute atomic E-state index is 0.378. The van der Waals surface area contributed by atoms with E-state index in [1.54, 1.807) is 24.5 Å². The molecule has 3 nitrogen and oxygen atoms in total. The first-order chi connectivity index (χ1) is 8.20. The Hall–Kier alpha value is -2.23. The van der Waals surface area contributed by atoms with Crippen LogP contribution in [0.25, 0.3) is 11.4 Å². The average molecular weight is 230 g/mol. The molecule has 4 heteroatoms. The van der Waals surface area contributed by atoms with E-state index in [9.17, 15) is 4.39 Å². The average Bonchev–Trinajstić information content (AvgIpc) is 2.34. The van der Waals surface area contributed by atoms with E-state index >= 15 is 0 Å². The lowest BCUT2D eigenvalue weighted by Crippen LogP contribution is -1.92. The SMILES string of the molecule is C=CCc1cnc(-c2ccc(O)c(F)c2)nc1. The van der Waals surface area contributed by atoms with Gasteiger partial charge in [0.2, 0.25) is 0 Å². The number of hydrogen-bond donors (Lipinski definition) is 1. The Labute approximate surface area is 98.3 Å². The second-order valence-corrected chi connectivity index (χ2v) is 3.57. The molecule has 1 aromatic heterocycles. The fraction of sp³-hybridized carbons (Fsp3) is 0.0769. The number of phenols is 1. The van der Waals surface area contributed by atoms with Crippen LogP contribution in [-0.2, 0) is 6.42 Å². The van der Waals surface area contributed by atoms with Crippen molar-refractivity contribution in [1.29, 1.82) is 0 Å². The Kier molecular flexibility index (Phi) is 3.14. The van der Waals surface area contributed by atoms with Crippen LogP contribution in [0, 0.1) is 5.82 Å². The third kappa shape index (κ3) is 2.47. The molecule has 0 aliphatic carbocycles. The second kappa shape index (κ2) is 4.74. The van der Waals surface area contributed by atoms with Gasteiger partial charge in [0, 0.05) is 18.0 Å². The molecule has 86 valence electrons. The second-order valence-electron chi connectivity index (χ2n) is 3.57. The lowest BCUT2D eigenvalue weighted by molar-refractivity contribution is 0.432. The van der Waals surface area contributed by atoms with Gasteiger partial charge >= 0.3 is 0 Å². The number of phenolic OH excluding ortho intramolecular Hbond substituents is 1. The van der Waals surface area contributed by atoms with Gasteiger partial charge < -0.3 is 5.11 Å². The minimum Gasteiger partial charge on any atom is -0.505 e. The Balaban J connectivity index is 2.32. The van der Waals surface area contributed by atoms with E-state index in [4.69, 9.17) is 5.11 Å². The molecule has 0 bridgehead atoms. The molecule has 0 aliphatic rings. The summed E-state index contributed by atoms with van der Waals surface area (Å²) in [5, 5.41) is 9.08. The molecule has 0 unspecified atom stereocenters. The van der Waals surface area contributed by atoms with Crippen LogP contribution in [0.4, 0.5) is 4.39 Å². The quantitative estimate of drug-likeness (QED) is 0.824. The summed E-state index contributed by atoms with van der Waals surface area (Å²) < 4.78 is 13.1. The molecule has 0 radical (unpaired) electrons. The van der Waals surface area contributed by atoms with Crippen LogP contribution >= 0.6 is 0 Å². The van der Waals surface area contributed by atoms with Crippen molar-refractivity contribution in [1.82, 2.24) is 9.97 Å². The zero-order valence-electron chi connectivity index (χ0n) is 9.10. The molecule has 2 aromatic rings. The van der Waals surface area contributed by atoms with Crippen LogP contribution in [0.3, 0.4) is 0 Å². The van der Waals surface area contributed by atoms with E-state index < -0.39 is 5.82 Å². The van der Waals surface area contributed by atoms with Gasteiger partial charge in [0.1, 0.15) is 0 Å². The number of aromatic hydroxyl groups is 1. The van der Waals surface area contributed by atoms with E-state index in [2.05, 4.69) is 16.5 Å². The lowest BCUT2D eigenvalue weighted by Gasteiger charge is -2.02. The Morgan fingerprint density at radius 2 is 2.00 bits per heavy atom. The van der Waals surface area contributed by atoms with Gasteiger partial charge in [-0.3, -0.25) is 0 Å². The van der Waals surface area contributed by atoms with Crippen LogP contribution in [0.2, 0.25) is 0 Å². The standard InChI is InChI=1S/C13H11FN2O/c1-2-3-9-7-15-13(16-8-9)10-4-5-12(17)11(14)6-10/h2,4-8,17H,1,3H2. The molecule has 0 saturated heterocycles. The summed E-state index contributed by atoms with van der Waals surface area (Å²) in [7, 11) is 0. The first-order valence-corrected chi connectivity index (χ1v) is 5.11. The molecule has 0 aliphatic heterocycles. The fourth-order valence-electron chi connectivity index (χ4n) is 1.42. The monoisotopic (exact) mass is 230 g/mol. The summed E-state index contributed by atoms with van der Waals surface area (Å²) in [5.74, 6) is -0.630. The molecule has 0 atom stereocenters. The van der Waals surface area contributed by atoms with Gasteiger partial charge in [0.25, 0.3) is 0 Å². The summed E-state index contributed by atoms with van der Waals surface area (Å²) in [5.41, 5.74) is 1.48. The van der Waals surface area contributed by atoms with E-state index in [1.165, 1.54) is 12.1 Å². The van der Waals surface area contributed by atoms with Crippen molar-refractivity contribution in [2.75, 3.05) is 0 Å². The van der Waals surface area contributed by atoms with Crippen LogP contribution < -0.4 is 0 Å². The van der Waals surface area contributed by atoms with E-state index in [0.29, 0.717) is 17.8 Å². The highest BCUT2D eigenvalue weighted by Crippen LogP contribution is 2.21. The maximum absolute atomic E-state index is 13.1. The van der Waals surface area contributed by atoms with Crippen molar-refractivity contribution in [2.24, 2.45) is 0 Å². The summed E-state index contributed by atoms with van der Waals surface area (Å²) in [6.07, 6.45) is 5.81. The highest BCUT2D eigenvalue weighted by Gasteiger charge is 2.05. The molecule has 0 saturated carbocycles. The molecule has 1 N–H and O–H groups in total. The van der Waals surface area contributed by atoms with E-state index in [-0.39, 0.29) is 5.75 Å². The topological polar surface area (TPSA) is 46.0 Å². The van der Waals surface area contributed by atoms with Gasteiger partial charge in [-0.2, -0.15) is 0 Å². The predicted molar refractivity (Wildman–Crippen MR) is 63.0 cm³/mol. The highest BCUT2D eigenvalue weighted by molar-refractivity contribution is 5.56. The third-order valence-electron chi connectivity index (χ3n) is 2.29. The van der Waals surface area contributed by atoms with Gasteiger partial charge in [0.05, 0.1) is 0 Å². The van der Waals surface area contributed by atoms with Crippen molar-refractivity contribution in [3.8, 4) is 17.1 Å². The first kappa shape index (κ1) is 11.3. The third-order valence-corrected chi connectivity index (χ3v) is 2.29.